The Balaban J connectivity index is 1.63. The minimum Gasteiger partial charge on any atom is -0.325 e. The number of hydrogen-bond acceptors (Lipinski definition) is 4. The Labute approximate surface area is 182 Å². The normalized spacial score (nSPS) is 15.2. The molecule has 1 fully saturated rings. The molecule has 0 aliphatic carbocycles. The van der Waals surface area contributed by atoms with E-state index in [4.69, 9.17) is 0 Å². The molecule has 1 heterocycles. The van der Waals surface area contributed by atoms with Crippen molar-refractivity contribution in [1.82, 2.24) is 10.2 Å². The number of thioether (sulfide) groups is 1. The lowest BCUT2D eigenvalue weighted by molar-refractivity contribution is -0.113. The first-order chi connectivity index (χ1) is 14.0. The van der Waals surface area contributed by atoms with Gasteiger partial charge in [0.25, 0.3) is 0 Å². The van der Waals surface area contributed by atoms with Crippen molar-refractivity contribution in [1.29, 1.82) is 0 Å². The molecule has 1 aromatic rings. The predicted molar refractivity (Wildman–Crippen MR) is 128 cm³/mol. The first kappa shape index (κ1) is 24.2. The zero-order chi connectivity index (χ0) is 21.1. The number of hydrogen-bond donors (Lipinski definition) is 2. The minimum atomic E-state index is 0.128. The summed E-state index contributed by atoms with van der Waals surface area (Å²) in [5.74, 6) is 2.55. The van der Waals surface area contributed by atoms with Crippen LogP contribution in [0.1, 0.15) is 76.3 Å². The van der Waals surface area contributed by atoms with Gasteiger partial charge >= 0.3 is 0 Å². The van der Waals surface area contributed by atoms with Crippen molar-refractivity contribution in [3.05, 3.63) is 29.3 Å². The highest BCUT2D eigenvalue weighted by Crippen LogP contribution is 2.32. The lowest BCUT2D eigenvalue weighted by Crippen LogP contribution is -2.43. The monoisotopic (exact) mass is 419 g/mol. The van der Waals surface area contributed by atoms with Gasteiger partial charge in [0.2, 0.25) is 5.91 Å². The lowest BCUT2D eigenvalue weighted by atomic mass is 9.92. The summed E-state index contributed by atoms with van der Waals surface area (Å²) in [4.78, 5) is 15.1. The Hall–Kier alpha value is -1.04. The molecule has 0 atom stereocenters. The van der Waals surface area contributed by atoms with Gasteiger partial charge in [0.15, 0.2) is 0 Å². The Morgan fingerprint density at radius 1 is 1.03 bits per heavy atom. The maximum atomic E-state index is 12.5. The van der Waals surface area contributed by atoms with E-state index in [2.05, 4.69) is 61.4 Å². The van der Waals surface area contributed by atoms with Crippen LogP contribution < -0.4 is 10.6 Å². The maximum Gasteiger partial charge on any atom is 0.234 e. The Morgan fingerprint density at radius 2 is 1.66 bits per heavy atom. The van der Waals surface area contributed by atoms with Gasteiger partial charge in [-0.1, -0.05) is 58.7 Å². The van der Waals surface area contributed by atoms with Crippen LogP contribution in [-0.4, -0.2) is 55.0 Å². The molecule has 0 aromatic heterocycles. The van der Waals surface area contributed by atoms with Crippen LogP contribution >= 0.6 is 11.8 Å². The summed E-state index contributed by atoms with van der Waals surface area (Å²) >= 11 is 1.76. The van der Waals surface area contributed by atoms with Gasteiger partial charge in [0.05, 0.1) is 5.75 Å². The summed E-state index contributed by atoms with van der Waals surface area (Å²) in [6.07, 6.45) is 5.08. The third-order valence-electron chi connectivity index (χ3n) is 5.59. The molecule has 2 N–H and O–H groups in total. The number of nitrogens with one attached hydrogen (secondary N) is 2. The Bertz CT molecular complexity index is 586. The van der Waals surface area contributed by atoms with Gasteiger partial charge in [-0.25, -0.2) is 0 Å². The SMILES string of the molecule is CC(C)c1cccc(C(C)C)c1NC(=O)CSCCCCCCN1CCNCC1. The third kappa shape index (κ3) is 8.69. The molecule has 0 saturated carbocycles. The predicted octanol–water partition coefficient (Wildman–Crippen LogP) is 5.07. The highest BCUT2D eigenvalue weighted by molar-refractivity contribution is 7.99. The summed E-state index contributed by atoms with van der Waals surface area (Å²) in [5, 5.41) is 6.62. The van der Waals surface area contributed by atoms with Crippen molar-refractivity contribution >= 4 is 23.4 Å². The molecule has 1 aromatic carbocycles. The molecule has 0 bridgehead atoms. The quantitative estimate of drug-likeness (QED) is 0.464. The highest BCUT2D eigenvalue weighted by Gasteiger charge is 2.15. The van der Waals surface area contributed by atoms with Crippen LogP contribution in [0, 0.1) is 0 Å². The van der Waals surface area contributed by atoms with E-state index in [-0.39, 0.29) is 5.91 Å². The van der Waals surface area contributed by atoms with Crippen molar-refractivity contribution in [2.24, 2.45) is 0 Å². The lowest BCUT2D eigenvalue weighted by Gasteiger charge is -2.26. The molecule has 1 aliphatic rings. The number of anilines is 1. The van der Waals surface area contributed by atoms with Gasteiger partial charge in [-0.05, 0) is 48.1 Å². The summed E-state index contributed by atoms with van der Waals surface area (Å²) < 4.78 is 0. The van der Waals surface area contributed by atoms with Gasteiger partial charge in [-0.15, -0.1) is 0 Å². The molecule has 1 amide bonds. The highest BCUT2D eigenvalue weighted by atomic mass is 32.2. The number of unbranched alkanes of at least 4 members (excludes halogenated alkanes) is 3. The van der Waals surface area contributed by atoms with E-state index in [1.807, 2.05) is 0 Å². The minimum absolute atomic E-state index is 0.128. The van der Waals surface area contributed by atoms with Gasteiger partial charge in [-0.3, -0.25) is 4.79 Å². The van der Waals surface area contributed by atoms with Crippen molar-refractivity contribution in [3.63, 3.8) is 0 Å². The largest absolute Gasteiger partial charge is 0.325 e. The molecule has 0 unspecified atom stereocenters. The van der Waals surface area contributed by atoms with Crippen LogP contribution in [0.5, 0.6) is 0 Å². The second kappa shape index (κ2) is 13.3. The molecule has 5 heteroatoms. The van der Waals surface area contributed by atoms with E-state index in [1.54, 1.807) is 11.8 Å². The number of para-hydroxylation sites is 1. The fourth-order valence-electron chi connectivity index (χ4n) is 3.86. The number of nitrogens with zero attached hydrogens (tertiary/aromatic N) is 1. The topological polar surface area (TPSA) is 44.4 Å². The van der Waals surface area contributed by atoms with Crippen molar-refractivity contribution in [2.45, 2.75) is 65.2 Å². The first-order valence-electron chi connectivity index (χ1n) is 11.4. The van der Waals surface area contributed by atoms with Crippen LogP contribution in [-0.2, 0) is 4.79 Å². The van der Waals surface area contributed by atoms with E-state index in [0.717, 1.165) is 24.5 Å². The molecule has 2 rings (SSSR count). The summed E-state index contributed by atoms with van der Waals surface area (Å²) in [6, 6.07) is 6.39. The van der Waals surface area contributed by atoms with Gasteiger partial charge in [-0.2, -0.15) is 11.8 Å². The number of rotatable bonds is 12. The van der Waals surface area contributed by atoms with E-state index in [9.17, 15) is 4.79 Å². The Morgan fingerprint density at radius 3 is 2.28 bits per heavy atom. The van der Waals surface area contributed by atoms with Crippen LogP contribution in [0.2, 0.25) is 0 Å². The smallest absolute Gasteiger partial charge is 0.234 e. The summed E-state index contributed by atoms with van der Waals surface area (Å²) in [5.41, 5.74) is 3.51. The van der Waals surface area contributed by atoms with E-state index in [1.165, 1.54) is 56.4 Å². The van der Waals surface area contributed by atoms with Crippen LogP contribution in [0.15, 0.2) is 18.2 Å². The zero-order valence-corrected chi connectivity index (χ0v) is 19.7. The molecular formula is C24H41N3OS. The van der Waals surface area contributed by atoms with Gasteiger partial charge in [0.1, 0.15) is 0 Å². The van der Waals surface area contributed by atoms with Crippen LogP contribution in [0.25, 0.3) is 0 Å². The number of amides is 1. The number of piperazine rings is 1. The molecular weight excluding hydrogens is 378 g/mol. The summed E-state index contributed by atoms with van der Waals surface area (Å²) in [7, 11) is 0. The van der Waals surface area contributed by atoms with E-state index < -0.39 is 0 Å². The average Bonchev–Trinajstić information content (AvgIpc) is 2.70. The zero-order valence-electron chi connectivity index (χ0n) is 18.9. The van der Waals surface area contributed by atoms with Crippen LogP contribution in [0.3, 0.4) is 0 Å². The molecule has 1 saturated heterocycles. The van der Waals surface area contributed by atoms with Gasteiger partial charge in [0, 0.05) is 31.9 Å². The molecule has 4 nitrogen and oxygen atoms in total. The van der Waals surface area contributed by atoms with Crippen molar-refractivity contribution < 1.29 is 4.79 Å². The molecule has 1 aliphatic heterocycles. The fraction of sp³-hybridized carbons (Fsp3) is 0.708. The second-order valence-corrected chi connectivity index (χ2v) is 9.83. The number of carbonyl (C=O) groups excluding carboxylic acids is 1. The van der Waals surface area contributed by atoms with Crippen molar-refractivity contribution in [3.8, 4) is 0 Å². The molecule has 0 spiro atoms. The molecule has 164 valence electrons. The van der Waals surface area contributed by atoms with Crippen molar-refractivity contribution in [2.75, 3.05) is 49.5 Å². The number of benzene rings is 1. The number of carbonyl (C=O) groups is 1. The first-order valence-corrected chi connectivity index (χ1v) is 12.6. The molecule has 29 heavy (non-hydrogen) atoms. The van der Waals surface area contributed by atoms with Crippen LogP contribution in [0.4, 0.5) is 5.69 Å². The maximum absolute atomic E-state index is 12.5. The Kier molecular flexibility index (Phi) is 11.1. The molecule has 0 radical (unpaired) electrons. The van der Waals surface area contributed by atoms with E-state index >= 15 is 0 Å². The fourth-order valence-corrected chi connectivity index (χ4v) is 4.67. The standard InChI is InChI=1S/C24H41N3OS/c1-19(2)21-10-9-11-22(20(3)4)24(21)26-23(28)18-29-17-8-6-5-7-14-27-15-12-25-13-16-27/h9-11,19-20,25H,5-8,12-18H2,1-4H3,(H,26,28). The van der Waals surface area contributed by atoms with E-state index in [0.29, 0.717) is 17.6 Å². The second-order valence-electron chi connectivity index (χ2n) is 8.73. The average molecular weight is 420 g/mol. The summed E-state index contributed by atoms with van der Waals surface area (Å²) in [6.45, 7) is 14.7. The third-order valence-corrected chi connectivity index (χ3v) is 6.64. The van der Waals surface area contributed by atoms with Gasteiger partial charge < -0.3 is 15.5 Å².